The molecule has 4 rings (SSSR count). The molecule has 0 saturated carbocycles. The molecule has 1 N–H and O–H groups in total. The quantitative estimate of drug-likeness (QED) is 0.154. The number of halogens is 2. The maximum Gasteiger partial charge on any atom is 0.338 e. The molecule has 0 fully saturated rings. The van der Waals surface area contributed by atoms with Crippen molar-refractivity contribution in [2.75, 3.05) is 17.7 Å². The SMILES string of the molecule is CCCCSc1nc2n(n1)C(c1cc(Br)ccc1OCc1ccccc1Cl)C(C(=O)OCC)=C(C)N2. The van der Waals surface area contributed by atoms with E-state index in [0.717, 1.165) is 34.2 Å². The van der Waals surface area contributed by atoms with Gasteiger partial charge in [-0.05, 0) is 44.5 Å². The summed E-state index contributed by atoms with van der Waals surface area (Å²) in [7, 11) is 0. The van der Waals surface area contributed by atoms with Crippen molar-refractivity contribution in [2.45, 2.75) is 51.4 Å². The molecule has 1 atom stereocenters. The lowest BCUT2D eigenvalue weighted by Gasteiger charge is -2.29. The molecule has 0 spiro atoms. The van der Waals surface area contributed by atoms with Crippen molar-refractivity contribution in [1.29, 1.82) is 0 Å². The fraction of sp³-hybridized carbons (Fsp3) is 0.346. The van der Waals surface area contributed by atoms with Crippen LogP contribution in [0.1, 0.15) is 50.8 Å². The van der Waals surface area contributed by atoms with Crippen molar-refractivity contribution in [2.24, 2.45) is 0 Å². The first-order valence-corrected chi connectivity index (χ1v) is 14.0. The Kier molecular flexibility index (Phi) is 8.98. The Labute approximate surface area is 228 Å². The zero-order chi connectivity index (χ0) is 25.7. The number of carbonyl (C=O) groups is 1. The van der Waals surface area contributed by atoms with Crippen molar-refractivity contribution in [3.63, 3.8) is 0 Å². The first-order valence-electron chi connectivity index (χ1n) is 11.8. The zero-order valence-corrected chi connectivity index (χ0v) is 23.5. The molecular weight excluding hydrogens is 564 g/mol. The lowest BCUT2D eigenvalue weighted by atomic mass is 9.95. The second-order valence-corrected chi connectivity index (χ2v) is 10.6. The van der Waals surface area contributed by atoms with E-state index in [1.165, 1.54) is 0 Å². The van der Waals surface area contributed by atoms with Gasteiger partial charge in [0.2, 0.25) is 11.1 Å². The van der Waals surface area contributed by atoms with Crippen molar-refractivity contribution in [3.05, 3.63) is 74.4 Å². The molecule has 0 saturated heterocycles. The smallest absolute Gasteiger partial charge is 0.338 e. The van der Waals surface area contributed by atoms with Crippen LogP contribution in [-0.2, 0) is 16.1 Å². The van der Waals surface area contributed by atoms with Gasteiger partial charge < -0.3 is 14.8 Å². The number of allylic oxidation sites excluding steroid dienone is 1. The van der Waals surface area contributed by atoms with Crippen LogP contribution in [0, 0.1) is 0 Å². The van der Waals surface area contributed by atoms with Crippen LogP contribution >= 0.6 is 39.3 Å². The fourth-order valence-electron chi connectivity index (χ4n) is 3.90. The number of thioether (sulfide) groups is 1. The number of unbranched alkanes of at least 4 members (excludes halogenated alkanes) is 1. The molecule has 3 aromatic rings. The summed E-state index contributed by atoms with van der Waals surface area (Å²) in [5.41, 5.74) is 2.75. The van der Waals surface area contributed by atoms with E-state index >= 15 is 0 Å². The number of fused-ring (bicyclic) bond motifs is 1. The van der Waals surface area contributed by atoms with Crippen LogP contribution < -0.4 is 10.1 Å². The molecule has 2 heterocycles. The van der Waals surface area contributed by atoms with E-state index < -0.39 is 12.0 Å². The number of carbonyl (C=O) groups excluding carboxylic acids is 1. The third kappa shape index (κ3) is 5.90. The molecule has 7 nitrogen and oxygen atoms in total. The Bertz CT molecular complexity index is 1280. The number of aromatic nitrogens is 3. The van der Waals surface area contributed by atoms with Gasteiger partial charge in [0.15, 0.2) is 0 Å². The van der Waals surface area contributed by atoms with Crippen LogP contribution in [0.25, 0.3) is 0 Å². The highest BCUT2D eigenvalue weighted by Gasteiger charge is 2.37. The summed E-state index contributed by atoms with van der Waals surface area (Å²) >= 11 is 11.5. The fourth-order valence-corrected chi connectivity index (χ4v) is 5.38. The number of esters is 1. The van der Waals surface area contributed by atoms with Crippen LogP contribution in [0.4, 0.5) is 5.95 Å². The van der Waals surface area contributed by atoms with Crippen LogP contribution in [0.5, 0.6) is 5.75 Å². The number of nitrogens with zero attached hydrogens (tertiary/aromatic N) is 3. The molecule has 36 heavy (non-hydrogen) atoms. The predicted molar refractivity (Wildman–Crippen MR) is 147 cm³/mol. The van der Waals surface area contributed by atoms with E-state index in [2.05, 4.69) is 28.2 Å². The van der Waals surface area contributed by atoms with Crippen molar-refractivity contribution >= 4 is 51.2 Å². The van der Waals surface area contributed by atoms with E-state index in [4.69, 9.17) is 31.2 Å². The summed E-state index contributed by atoms with van der Waals surface area (Å²) in [5, 5.41) is 9.31. The van der Waals surface area contributed by atoms with Crippen LogP contribution in [-0.4, -0.2) is 33.1 Å². The van der Waals surface area contributed by atoms with E-state index in [-0.39, 0.29) is 13.2 Å². The number of hydrogen-bond donors (Lipinski definition) is 1. The highest BCUT2D eigenvalue weighted by Crippen LogP contribution is 2.41. The molecule has 1 aromatic heterocycles. The molecule has 1 unspecified atom stereocenters. The Morgan fingerprint density at radius 2 is 2.06 bits per heavy atom. The molecule has 2 aromatic carbocycles. The van der Waals surface area contributed by atoms with E-state index in [9.17, 15) is 4.79 Å². The van der Waals surface area contributed by atoms with Crippen LogP contribution in [0.3, 0.4) is 0 Å². The Hall–Kier alpha value is -2.49. The van der Waals surface area contributed by atoms with Gasteiger partial charge in [-0.15, -0.1) is 5.10 Å². The third-order valence-corrected chi connectivity index (χ3v) is 7.45. The standard InChI is InChI=1S/C26H28BrClN4O3S/c1-4-6-13-36-26-30-25-29-16(3)22(24(33)34-5-2)23(32(25)31-26)19-14-18(27)11-12-21(19)35-15-17-9-7-8-10-20(17)28/h7-12,14,23H,4-6,13,15H2,1-3H3,(H,29,30,31). The molecule has 10 heteroatoms. The van der Waals surface area contributed by atoms with E-state index in [0.29, 0.717) is 33.1 Å². The number of anilines is 1. The second kappa shape index (κ2) is 12.2. The Morgan fingerprint density at radius 1 is 1.25 bits per heavy atom. The predicted octanol–water partition coefficient (Wildman–Crippen LogP) is 7.02. The lowest BCUT2D eigenvalue weighted by Crippen LogP contribution is -2.30. The van der Waals surface area contributed by atoms with E-state index in [1.54, 1.807) is 23.4 Å². The van der Waals surface area contributed by atoms with Gasteiger partial charge in [0.1, 0.15) is 18.4 Å². The number of rotatable bonds is 10. The molecule has 0 radical (unpaired) electrons. The zero-order valence-electron chi connectivity index (χ0n) is 20.4. The largest absolute Gasteiger partial charge is 0.488 e. The summed E-state index contributed by atoms with van der Waals surface area (Å²) in [5.74, 6) is 1.69. The monoisotopic (exact) mass is 590 g/mol. The van der Waals surface area contributed by atoms with Gasteiger partial charge in [0.25, 0.3) is 0 Å². The number of nitrogens with one attached hydrogen (secondary N) is 1. The van der Waals surface area contributed by atoms with Gasteiger partial charge >= 0.3 is 5.97 Å². The van der Waals surface area contributed by atoms with Crippen LogP contribution in [0.15, 0.2) is 63.4 Å². The first-order chi connectivity index (χ1) is 17.4. The summed E-state index contributed by atoms with van der Waals surface area (Å²) < 4.78 is 14.3. The first kappa shape index (κ1) is 26.6. The van der Waals surface area contributed by atoms with Crippen molar-refractivity contribution < 1.29 is 14.3 Å². The molecule has 0 bridgehead atoms. The highest BCUT2D eigenvalue weighted by molar-refractivity contribution is 9.10. The van der Waals surface area contributed by atoms with Crippen molar-refractivity contribution in [3.8, 4) is 5.75 Å². The Morgan fingerprint density at radius 3 is 2.81 bits per heavy atom. The van der Waals surface area contributed by atoms with Gasteiger partial charge in [-0.25, -0.2) is 9.48 Å². The van der Waals surface area contributed by atoms with Gasteiger partial charge in [-0.1, -0.05) is 70.8 Å². The number of ether oxygens (including phenoxy) is 2. The molecular formula is C26H28BrClN4O3S. The molecule has 1 aliphatic rings. The summed E-state index contributed by atoms with van der Waals surface area (Å²) in [6.07, 6.45) is 2.17. The summed E-state index contributed by atoms with van der Waals surface area (Å²) in [4.78, 5) is 17.9. The average molecular weight is 592 g/mol. The van der Waals surface area contributed by atoms with Gasteiger partial charge in [0.05, 0.1) is 12.2 Å². The summed E-state index contributed by atoms with van der Waals surface area (Å²) in [6, 6.07) is 12.7. The maximum absolute atomic E-state index is 13.2. The maximum atomic E-state index is 13.2. The van der Waals surface area contributed by atoms with Crippen LogP contribution in [0.2, 0.25) is 5.02 Å². The van der Waals surface area contributed by atoms with E-state index in [1.807, 2.05) is 49.4 Å². The average Bonchev–Trinajstić information content (AvgIpc) is 3.25. The second-order valence-electron chi connectivity index (χ2n) is 8.21. The van der Waals surface area contributed by atoms with Gasteiger partial charge in [0, 0.05) is 32.1 Å². The topological polar surface area (TPSA) is 78.3 Å². The minimum Gasteiger partial charge on any atom is -0.488 e. The normalized spacial score (nSPS) is 14.9. The lowest BCUT2D eigenvalue weighted by molar-refractivity contribution is -0.139. The van der Waals surface area contributed by atoms with Crippen molar-refractivity contribution in [1.82, 2.24) is 14.8 Å². The number of hydrogen-bond acceptors (Lipinski definition) is 7. The van der Waals surface area contributed by atoms with Gasteiger partial charge in [-0.2, -0.15) is 4.98 Å². The molecule has 0 amide bonds. The third-order valence-electron chi connectivity index (χ3n) is 5.66. The minimum atomic E-state index is -0.591. The van der Waals surface area contributed by atoms with Gasteiger partial charge in [-0.3, -0.25) is 0 Å². The molecule has 1 aliphatic heterocycles. The Balaban J connectivity index is 1.78. The summed E-state index contributed by atoms with van der Waals surface area (Å²) in [6.45, 7) is 6.33. The highest BCUT2D eigenvalue weighted by atomic mass is 79.9. The molecule has 190 valence electrons. The molecule has 0 aliphatic carbocycles. The number of benzene rings is 2. The minimum absolute atomic E-state index is 0.263.